The molecule has 1 aliphatic heterocycles. The maximum Gasteiger partial charge on any atom is 0.137 e. The fourth-order valence-electron chi connectivity index (χ4n) is 3.36. The second-order valence-corrected chi connectivity index (χ2v) is 6.22. The Bertz CT molecular complexity index is 881. The predicted octanol–water partition coefficient (Wildman–Crippen LogP) is 4.03. The SMILES string of the molecule is Fc1ccccc1CCN1CC=C(c2c[nH]c3ncccc23)CC1. The number of rotatable bonds is 4. The third kappa shape index (κ3) is 2.97. The molecule has 0 aliphatic carbocycles. The topological polar surface area (TPSA) is 31.9 Å². The van der Waals surface area contributed by atoms with E-state index in [2.05, 4.69) is 33.2 Å². The second kappa shape index (κ2) is 6.57. The van der Waals surface area contributed by atoms with Crippen LogP contribution >= 0.6 is 0 Å². The summed E-state index contributed by atoms with van der Waals surface area (Å²) in [5.74, 6) is -0.1000. The standard InChI is InChI=1S/C20H20FN3/c21-19-6-2-1-4-16(19)9-13-24-11-7-15(8-12-24)18-14-23-20-17(18)5-3-10-22-20/h1-7,10,14H,8-9,11-13H2,(H,22,23). The molecule has 3 heterocycles. The molecule has 3 aromatic rings. The lowest BCUT2D eigenvalue weighted by molar-refractivity contribution is 0.304. The van der Waals surface area contributed by atoms with Crippen LogP contribution in [0.2, 0.25) is 0 Å². The van der Waals surface area contributed by atoms with Crippen molar-refractivity contribution < 1.29 is 4.39 Å². The van der Waals surface area contributed by atoms with Crippen molar-refractivity contribution in [3.8, 4) is 0 Å². The molecule has 4 rings (SSSR count). The maximum absolute atomic E-state index is 13.7. The summed E-state index contributed by atoms with van der Waals surface area (Å²) in [4.78, 5) is 9.97. The largest absolute Gasteiger partial charge is 0.346 e. The molecule has 1 N–H and O–H groups in total. The quantitative estimate of drug-likeness (QED) is 0.786. The van der Waals surface area contributed by atoms with Crippen molar-refractivity contribution in [1.29, 1.82) is 0 Å². The van der Waals surface area contributed by atoms with Gasteiger partial charge in [0.25, 0.3) is 0 Å². The summed E-state index contributed by atoms with van der Waals surface area (Å²) < 4.78 is 13.7. The summed E-state index contributed by atoms with van der Waals surface area (Å²) in [6, 6.07) is 11.1. The Labute approximate surface area is 140 Å². The van der Waals surface area contributed by atoms with E-state index in [1.165, 1.54) is 22.6 Å². The molecule has 2 aromatic heterocycles. The average Bonchev–Trinajstić information content (AvgIpc) is 3.06. The van der Waals surface area contributed by atoms with Gasteiger partial charge in [-0.2, -0.15) is 0 Å². The number of halogens is 1. The minimum Gasteiger partial charge on any atom is -0.346 e. The first-order chi connectivity index (χ1) is 11.8. The van der Waals surface area contributed by atoms with Crippen molar-refractivity contribution in [3.05, 3.63) is 71.8 Å². The molecule has 4 heteroatoms. The number of fused-ring (bicyclic) bond motifs is 1. The van der Waals surface area contributed by atoms with E-state index in [1.54, 1.807) is 6.07 Å². The molecule has 1 aliphatic rings. The van der Waals surface area contributed by atoms with Gasteiger partial charge in [-0.05, 0) is 42.2 Å². The number of nitrogens with one attached hydrogen (secondary N) is 1. The highest BCUT2D eigenvalue weighted by Crippen LogP contribution is 2.28. The van der Waals surface area contributed by atoms with Crippen LogP contribution in [0.1, 0.15) is 17.5 Å². The zero-order valence-corrected chi connectivity index (χ0v) is 13.5. The number of aromatic amines is 1. The Morgan fingerprint density at radius 1 is 1.17 bits per heavy atom. The molecule has 0 spiro atoms. The minimum absolute atomic E-state index is 0.1000. The summed E-state index contributed by atoms with van der Waals surface area (Å²) in [5.41, 5.74) is 4.37. The highest BCUT2D eigenvalue weighted by Gasteiger charge is 2.16. The monoisotopic (exact) mass is 321 g/mol. The first-order valence-electron chi connectivity index (χ1n) is 8.38. The summed E-state index contributed by atoms with van der Waals surface area (Å²) in [6.45, 7) is 2.81. The normalized spacial score (nSPS) is 15.6. The smallest absolute Gasteiger partial charge is 0.137 e. The fourth-order valence-corrected chi connectivity index (χ4v) is 3.36. The third-order valence-electron chi connectivity index (χ3n) is 4.75. The Kier molecular flexibility index (Phi) is 4.13. The van der Waals surface area contributed by atoms with Gasteiger partial charge < -0.3 is 4.98 Å². The summed E-state index contributed by atoms with van der Waals surface area (Å²) >= 11 is 0. The molecule has 1 aromatic carbocycles. The molecule has 0 bridgehead atoms. The molecule has 0 fully saturated rings. The average molecular weight is 321 g/mol. The van der Waals surface area contributed by atoms with Crippen molar-refractivity contribution in [2.45, 2.75) is 12.8 Å². The van der Waals surface area contributed by atoms with Gasteiger partial charge in [0.2, 0.25) is 0 Å². The van der Waals surface area contributed by atoms with E-state index in [-0.39, 0.29) is 5.82 Å². The van der Waals surface area contributed by atoms with Crippen LogP contribution in [0.4, 0.5) is 4.39 Å². The summed E-state index contributed by atoms with van der Waals surface area (Å²) in [5, 5.41) is 1.18. The molecule has 0 saturated heterocycles. The van der Waals surface area contributed by atoms with Gasteiger partial charge in [0.15, 0.2) is 0 Å². The Morgan fingerprint density at radius 2 is 2.08 bits per heavy atom. The van der Waals surface area contributed by atoms with Crippen LogP contribution in [0.5, 0.6) is 0 Å². The van der Waals surface area contributed by atoms with E-state index >= 15 is 0 Å². The van der Waals surface area contributed by atoms with Crippen LogP contribution < -0.4 is 0 Å². The maximum atomic E-state index is 13.7. The first-order valence-corrected chi connectivity index (χ1v) is 8.38. The molecule has 0 amide bonds. The summed E-state index contributed by atoms with van der Waals surface area (Å²) in [6.07, 6.45) is 7.92. The molecular weight excluding hydrogens is 301 g/mol. The van der Waals surface area contributed by atoms with Crippen LogP contribution in [0, 0.1) is 5.82 Å². The van der Waals surface area contributed by atoms with E-state index in [0.717, 1.165) is 43.7 Å². The fraction of sp³-hybridized carbons (Fsp3) is 0.250. The van der Waals surface area contributed by atoms with Gasteiger partial charge in [-0.3, -0.25) is 4.90 Å². The van der Waals surface area contributed by atoms with Crippen molar-refractivity contribution in [2.75, 3.05) is 19.6 Å². The number of hydrogen-bond donors (Lipinski definition) is 1. The first kappa shape index (κ1) is 15.1. The van der Waals surface area contributed by atoms with E-state index in [4.69, 9.17) is 0 Å². The molecule has 0 saturated carbocycles. The van der Waals surface area contributed by atoms with Gasteiger partial charge in [-0.25, -0.2) is 9.37 Å². The van der Waals surface area contributed by atoms with Crippen LogP contribution in [0.25, 0.3) is 16.6 Å². The lowest BCUT2D eigenvalue weighted by Crippen LogP contribution is -2.30. The third-order valence-corrected chi connectivity index (χ3v) is 4.75. The Hall–Kier alpha value is -2.46. The predicted molar refractivity (Wildman–Crippen MR) is 95.2 cm³/mol. The van der Waals surface area contributed by atoms with E-state index < -0.39 is 0 Å². The molecule has 24 heavy (non-hydrogen) atoms. The van der Waals surface area contributed by atoms with Gasteiger partial charge in [-0.15, -0.1) is 0 Å². The van der Waals surface area contributed by atoms with E-state index in [1.807, 2.05) is 24.4 Å². The summed E-state index contributed by atoms with van der Waals surface area (Å²) in [7, 11) is 0. The van der Waals surface area contributed by atoms with E-state index in [9.17, 15) is 4.39 Å². The van der Waals surface area contributed by atoms with Gasteiger partial charge in [-0.1, -0.05) is 24.3 Å². The van der Waals surface area contributed by atoms with Crippen LogP contribution in [-0.2, 0) is 6.42 Å². The van der Waals surface area contributed by atoms with E-state index in [0.29, 0.717) is 0 Å². The van der Waals surface area contributed by atoms with Crippen molar-refractivity contribution in [2.24, 2.45) is 0 Å². The highest BCUT2D eigenvalue weighted by atomic mass is 19.1. The van der Waals surface area contributed by atoms with Crippen molar-refractivity contribution in [1.82, 2.24) is 14.9 Å². The molecule has 0 radical (unpaired) electrons. The van der Waals surface area contributed by atoms with Gasteiger partial charge in [0.05, 0.1) is 0 Å². The molecular formula is C20H20FN3. The number of nitrogens with zero attached hydrogens (tertiary/aromatic N) is 2. The Morgan fingerprint density at radius 3 is 2.92 bits per heavy atom. The molecule has 122 valence electrons. The van der Waals surface area contributed by atoms with Crippen molar-refractivity contribution >= 4 is 16.6 Å². The zero-order valence-electron chi connectivity index (χ0n) is 13.5. The molecule has 0 unspecified atom stereocenters. The Balaban J connectivity index is 1.43. The van der Waals surface area contributed by atoms with Gasteiger partial charge in [0.1, 0.15) is 11.5 Å². The molecule has 0 atom stereocenters. The lowest BCUT2D eigenvalue weighted by atomic mass is 9.99. The van der Waals surface area contributed by atoms with Crippen LogP contribution in [-0.4, -0.2) is 34.5 Å². The molecule has 3 nitrogen and oxygen atoms in total. The number of hydrogen-bond acceptors (Lipinski definition) is 2. The number of pyridine rings is 1. The second-order valence-electron chi connectivity index (χ2n) is 6.22. The van der Waals surface area contributed by atoms with Crippen LogP contribution in [0.3, 0.4) is 0 Å². The highest BCUT2D eigenvalue weighted by molar-refractivity contribution is 5.90. The number of benzene rings is 1. The minimum atomic E-state index is -0.1000. The van der Waals surface area contributed by atoms with Crippen LogP contribution in [0.15, 0.2) is 54.9 Å². The number of aromatic nitrogens is 2. The van der Waals surface area contributed by atoms with Gasteiger partial charge >= 0.3 is 0 Å². The zero-order chi connectivity index (χ0) is 16.4. The number of H-pyrrole nitrogens is 1. The lowest BCUT2D eigenvalue weighted by Gasteiger charge is -2.26. The van der Waals surface area contributed by atoms with Crippen molar-refractivity contribution in [3.63, 3.8) is 0 Å². The van der Waals surface area contributed by atoms with Gasteiger partial charge in [0, 0.05) is 43.0 Å².